The van der Waals surface area contributed by atoms with Gasteiger partial charge >= 0.3 is 0 Å². The Hall–Kier alpha value is -3.46. The van der Waals surface area contributed by atoms with Crippen LogP contribution in [-0.4, -0.2) is 62.2 Å². The summed E-state index contributed by atoms with van der Waals surface area (Å²) in [6, 6.07) is 8.79. The molecule has 0 aliphatic heterocycles. The number of methoxy groups -OCH3 is 1. The molecule has 2 heterocycles. The predicted molar refractivity (Wildman–Crippen MR) is 147 cm³/mol. The third-order valence-electron chi connectivity index (χ3n) is 6.91. The fraction of sp³-hybridized carbons (Fsp3) is 0.464. The zero-order valence-electron chi connectivity index (χ0n) is 22.4. The second-order valence-corrected chi connectivity index (χ2v) is 10.4. The van der Waals surface area contributed by atoms with Crippen LogP contribution in [0.25, 0.3) is 22.8 Å². The number of carbonyl (C=O) groups excluding carboxylic acids is 2. The maximum Gasteiger partial charge on any atom is 0.245 e. The van der Waals surface area contributed by atoms with Crippen molar-refractivity contribution in [2.75, 3.05) is 13.7 Å². The average molecular weight is 539 g/mol. The van der Waals surface area contributed by atoms with Gasteiger partial charge in [0.15, 0.2) is 11.6 Å². The maximum absolute atomic E-state index is 13.8. The Balaban J connectivity index is 1.67. The van der Waals surface area contributed by atoms with Crippen LogP contribution in [0.3, 0.4) is 0 Å². The van der Waals surface area contributed by atoms with Crippen LogP contribution in [0.2, 0.25) is 5.02 Å². The normalized spacial score (nSPS) is 14.5. The summed E-state index contributed by atoms with van der Waals surface area (Å²) in [7, 11) is 1.57. The van der Waals surface area contributed by atoms with E-state index in [1.807, 2.05) is 47.7 Å². The van der Waals surface area contributed by atoms with Crippen molar-refractivity contribution >= 4 is 23.4 Å². The van der Waals surface area contributed by atoms with Crippen LogP contribution in [0, 0.1) is 5.92 Å². The number of benzene rings is 1. The summed E-state index contributed by atoms with van der Waals surface area (Å²) in [5.74, 6) is 1.49. The predicted octanol–water partition coefficient (Wildman–Crippen LogP) is 4.60. The molecule has 0 spiro atoms. The second kappa shape index (κ2) is 12.4. The van der Waals surface area contributed by atoms with Crippen LogP contribution < -0.4 is 10.1 Å². The Kier molecular flexibility index (Phi) is 8.99. The van der Waals surface area contributed by atoms with E-state index in [1.165, 1.54) is 6.92 Å². The van der Waals surface area contributed by atoms with Crippen molar-refractivity contribution in [1.82, 2.24) is 30.0 Å². The number of hydrogen-bond acceptors (Lipinski definition) is 6. The summed E-state index contributed by atoms with van der Waals surface area (Å²) < 4.78 is 7.14. The molecule has 1 aromatic carbocycles. The molecule has 1 saturated carbocycles. The molecule has 3 aromatic rings. The second-order valence-electron chi connectivity index (χ2n) is 9.96. The van der Waals surface area contributed by atoms with Gasteiger partial charge in [-0.05, 0) is 49.1 Å². The molecule has 0 radical (unpaired) electrons. The molecule has 1 aliphatic carbocycles. The van der Waals surface area contributed by atoms with Crippen LogP contribution >= 0.6 is 11.6 Å². The van der Waals surface area contributed by atoms with Crippen molar-refractivity contribution in [1.29, 1.82) is 0 Å². The summed E-state index contributed by atoms with van der Waals surface area (Å²) >= 11 is 6.44. The maximum atomic E-state index is 13.8. The third-order valence-corrected chi connectivity index (χ3v) is 7.21. The lowest BCUT2D eigenvalue weighted by Crippen LogP contribution is -2.54. The van der Waals surface area contributed by atoms with Crippen molar-refractivity contribution in [2.45, 2.75) is 65.1 Å². The van der Waals surface area contributed by atoms with Gasteiger partial charge in [-0.15, -0.1) is 0 Å². The van der Waals surface area contributed by atoms with Crippen molar-refractivity contribution in [3.05, 3.63) is 47.7 Å². The van der Waals surface area contributed by atoms with Crippen molar-refractivity contribution in [3.8, 4) is 28.5 Å². The van der Waals surface area contributed by atoms with Gasteiger partial charge in [-0.1, -0.05) is 38.3 Å². The number of amides is 2. The molecule has 1 atom stereocenters. The zero-order valence-corrected chi connectivity index (χ0v) is 23.1. The molecule has 4 rings (SSSR count). The fourth-order valence-electron chi connectivity index (χ4n) is 4.94. The van der Waals surface area contributed by atoms with Crippen LogP contribution in [0.1, 0.15) is 46.5 Å². The molecule has 1 N–H and O–H groups in total. The van der Waals surface area contributed by atoms with Gasteiger partial charge in [0.05, 0.1) is 18.7 Å². The third kappa shape index (κ3) is 6.32. The highest BCUT2D eigenvalue weighted by molar-refractivity contribution is 6.32. The minimum Gasteiger partial charge on any atom is -0.495 e. The van der Waals surface area contributed by atoms with Gasteiger partial charge in [0.2, 0.25) is 11.8 Å². The summed E-state index contributed by atoms with van der Waals surface area (Å²) in [4.78, 5) is 36.5. The fourth-order valence-corrected chi connectivity index (χ4v) is 5.20. The van der Waals surface area contributed by atoms with Crippen LogP contribution in [0.4, 0.5) is 0 Å². The van der Waals surface area contributed by atoms with Gasteiger partial charge in [-0.3, -0.25) is 14.6 Å². The SMILES string of the molecule is COc1ccc(-c2nc(-c3ccncc3)nn2CCN(C(=O)C(NC(C)=O)C(C)C)C2CCCC2)cc1Cl. The molecular weight excluding hydrogens is 504 g/mol. The van der Waals surface area contributed by atoms with E-state index in [4.69, 9.17) is 26.4 Å². The van der Waals surface area contributed by atoms with Gasteiger partial charge < -0.3 is 15.0 Å². The van der Waals surface area contributed by atoms with E-state index in [-0.39, 0.29) is 23.8 Å². The summed E-state index contributed by atoms with van der Waals surface area (Å²) in [5, 5.41) is 8.15. The van der Waals surface area contributed by atoms with Crippen molar-refractivity contribution in [3.63, 3.8) is 0 Å². The Bertz CT molecular complexity index is 1260. The summed E-state index contributed by atoms with van der Waals surface area (Å²) in [6.45, 7) is 6.24. The largest absolute Gasteiger partial charge is 0.495 e. The number of nitrogens with one attached hydrogen (secondary N) is 1. The summed E-state index contributed by atoms with van der Waals surface area (Å²) in [6.07, 6.45) is 7.50. The minimum atomic E-state index is -0.573. The van der Waals surface area contributed by atoms with Gasteiger partial charge in [0.25, 0.3) is 0 Å². The van der Waals surface area contributed by atoms with E-state index >= 15 is 0 Å². The minimum absolute atomic E-state index is 0.0306. The first kappa shape index (κ1) is 27.6. The highest BCUT2D eigenvalue weighted by Crippen LogP contribution is 2.31. The molecule has 1 aliphatic rings. The Morgan fingerprint density at radius 1 is 1.16 bits per heavy atom. The molecular formula is C28H35ClN6O3. The lowest BCUT2D eigenvalue weighted by molar-refractivity contribution is -0.139. The molecule has 10 heteroatoms. The highest BCUT2D eigenvalue weighted by Gasteiger charge is 2.33. The number of aromatic nitrogens is 4. The number of ether oxygens (including phenoxy) is 1. The van der Waals surface area contributed by atoms with Gasteiger partial charge in [-0.25, -0.2) is 9.67 Å². The van der Waals surface area contributed by atoms with Crippen LogP contribution in [0.5, 0.6) is 5.75 Å². The summed E-state index contributed by atoms with van der Waals surface area (Å²) in [5.41, 5.74) is 1.63. The Morgan fingerprint density at radius 2 is 1.87 bits per heavy atom. The smallest absolute Gasteiger partial charge is 0.245 e. The Labute approximate surface area is 228 Å². The van der Waals surface area contributed by atoms with Crippen molar-refractivity contribution in [2.24, 2.45) is 5.92 Å². The number of halogens is 1. The molecule has 1 fully saturated rings. The number of pyridine rings is 1. The number of carbonyl (C=O) groups is 2. The molecule has 9 nitrogen and oxygen atoms in total. The first-order valence-corrected chi connectivity index (χ1v) is 13.4. The first-order valence-electron chi connectivity index (χ1n) is 13.0. The van der Waals surface area contributed by atoms with E-state index < -0.39 is 6.04 Å². The van der Waals surface area contributed by atoms with Gasteiger partial charge in [-0.2, -0.15) is 5.10 Å². The monoisotopic (exact) mass is 538 g/mol. The average Bonchev–Trinajstić information content (AvgIpc) is 3.58. The van der Waals surface area contributed by atoms with Gasteiger partial charge in [0.1, 0.15) is 11.8 Å². The topological polar surface area (TPSA) is 102 Å². The molecule has 38 heavy (non-hydrogen) atoms. The molecule has 1 unspecified atom stereocenters. The van der Waals surface area contributed by atoms with Crippen LogP contribution in [0.15, 0.2) is 42.7 Å². The zero-order chi connectivity index (χ0) is 27.2. The lowest BCUT2D eigenvalue weighted by atomic mass is 10.0. The van der Waals surface area contributed by atoms with Gasteiger partial charge in [0, 0.05) is 43.0 Å². The molecule has 2 aromatic heterocycles. The Morgan fingerprint density at radius 3 is 2.47 bits per heavy atom. The van der Waals surface area contributed by atoms with Crippen LogP contribution in [-0.2, 0) is 16.1 Å². The first-order chi connectivity index (χ1) is 18.3. The number of rotatable bonds is 10. The number of nitrogens with zero attached hydrogens (tertiary/aromatic N) is 5. The van der Waals surface area contributed by atoms with E-state index in [9.17, 15) is 9.59 Å². The van der Waals surface area contributed by atoms with E-state index in [0.717, 1.165) is 36.8 Å². The van der Waals surface area contributed by atoms with E-state index in [1.54, 1.807) is 25.6 Å². The lowest BCUT2D eigenvalue weighted by Gasteiger charge is -2.34. The number of hydrogen-bond donors (Lipinski definition) is 1. The molecule has 202 valence electrons. The molecule has 0 bridgehead atoms. The van der Waals surface area contributed by atoms with E-state index in [2.05, 4.69) is 10.3 Å². The van der Waals surface area contributed by atoms with Crippen molar-refractivity contribution < 1.29 is 14.3 Å². The van der Waals surface area contributed by atoms with E-state index in [0.29, 0.717) is 35.5 Å². The molecule has 2 amide bonds. The molecule has 0 saturated heterocycles. The standard InChI is InChI=1S/C28H35ClN6O3/c1-18(2)25(31-19(3)36)28(37)34(22-7-5-6-8-22)15-16-35-27(21-9-10-24(38-4)23(29)17-21)32-26(33-35)20-11-13-30-14-12-20/h9-14,17-18,22,25H,5-8,15-16H2,1-4H3,(H,31,36). The quantitative estimate of drug-likeness (QED) is 0.404. The highest BCUT2D eigenvalue weighted by atomic mass is 35.5.